The van der Waals surface area contributed by atoms with Gasteiger partial charge in [0.25, 0.3) is 0 Å². The number of carbonyl (C=O) groups is 1. The average molecular weight is 378 g/mol. The monoisotopic (exact) mass is 377 g/mol. The van der Waals surface area contributed by atoms with Gasteiger partial charge < -0.3 is 15.4 Å². The van der Waals surface area contributed by atoms with Gasteiger partial charge in [-0.25, -0.2) is 4.39 Å². The van der Waals surface area contributed by atoms with Crippen LogP contribution in [0.1, 0.15) is 46.5 Å². The van der Waals surface area contributed by atoms with Crippen LogP contribution in [0.5, 0.6) is 0 Å². The van der Waals surface area contributed by atoms with Crippen LogP contribution in [0.3, 0.4) is 0 Å². The Hall–Kier alpha value is -1.82. The van der Waals surface area contributed by atoms with Crippen molar-refractivity contribution in [2.45, 2.75) is 58.1 Å². The van der Waals surface area contributed by atoms with Crippen LogP contribution in [0, 0.1) is 11.7 Å². The highest BCUT2D eigenvalue weighted by molar-refractivity contribution is 5.73. The zero-order valence-corrected chi connectivity index (χ0v) is 16.7. The van der Waals surface area contributed by atoms with Gasteiger partial charge in [-0.15, -0.1) is 0 Å². The summed E-state index contributed by atoms with van der Waals surface area (Å²) in [6.45, 7) is 9.22. The van der Waals surface area contributed by atoms with E-state index in [4.69, 9.17) is 10.5 Å². The van der Waals surface area contributed by atoms with Gasteiger partial charge in [-0.2, -0.15) is 0 Å². The largest absolute Gasteiger partial charge is 0.460 e. The van der Waals surface area contributed by atoms with Gasteiger partial charge in [-0.3, -0.25) is 9.69 Å². The molecular formula is C21H32FN3O2. The van der Waals surface area contributed by atoms with E-state index in [-0.39, 0.29) is 17.7 Å². The van der Waals surface area contributed by atoms with Gasteiger partial charge in [0.1, 0.15) is 11.4 Å². The third kappa shape index (κ3) is 5.12. The number of ether oxygens (including phenoxy) is 1. The van der Waals surface area contributed by atoms with E-state index in [1.807, 2.05) is 20.8 Å². The number of halogens is 1. The second kappa shape index (κ2) is 8.05. The highest BCUT2D eigenvalue weighted by atomic mass is 19.1. The van der Waals surface area contributed by atoms with Crippen LogP contribution in [-0.2, 0) is 9.53 Å². The molecule has 1 aromatic carbocycles. The normalized spacial score (nSPS) is 24.7. The summed E-state index contributed by atoms with van der Waals surface area (Å²) < 4.78 is 19.7. The highest BCUT2D eigenvalue weighted by Crippen LogP contribution is 2.31. The zero-order valence-electron chi connectivity index (χ0n) is 16.7. The second-order valence-corrected chi connectivity index (χ2v) is 8.77. The molecule has 5 nitrogen and oxygen atoms in total. The number of piperazine rings is 1. The predicted molar refractivity (Wildman–Crippen MR) is 106 cm³/mol. The Balaban J connectivity index is 1.48. The summed E-state index contributed by atoms with van der Waals surface area (Å²) in [6.07, 6.45) is 3.85. The van der Waals surface area contributed by atoms with Crippen LogP contribution in [0.4, 0.5) is 15.8 Å². The van der Waals surface area contributed by atoms with Crippen molar-refractivity contribution < 1.29 is 13.9 Å². The third-order valence-corrected chi connectivity index (χ3v) is 5.58. The van der Waals surface area contributed by atoms with Crippen molar-refractivity contribution >= 4 is 17.3 Å². The first-order valence-corrected chi connectivity index (χ1v) is 10.00. The number of nitrogens with two attached hydrogens (primary N) is 1. The Morgan fingerprint density at radius 1 is 1.11 bits per heavy atom. The van der Waals surface area contributed by atoms with E-state index in [1.54, 1.807) is 12.1 Å². The minimum atomic E-state index is -0.415. The molecule has 2 N–H and O–H groups in total. The molecule has 0 atom stereocenters. The lowest BCUT2D eigenvalue weighted by Crippen LogP contribution is -2.51. The van der Waals surface area contributed by atoms with Gasteiger partial charge in [0.15, 0.2) is 0 Å². The molecule has 1 heterocycles. The van der Waals surface area contributed by atoms with Crippen LogP contribution in [0.15, 0.2) is 18.2 Å². The summed E-state index contributed by atoms with van der Waals surface area (Å²) in [7, 11) is 0. The lowest BCUT2D eigenvalue weighted by molar-refractivity contribution is -0.161. The van der Waals surface area contributed by atoms with Crippen molar-refractivity contribution in [2.24, 2.45) is 5.92 Å². The number of hydrogen-bond acceptors (Lipinski definition) is 5. The quantitative estimate of drug-likeness (QED) is 0.646. The van der Waals surface area contributed by atoms with Crippen molar-refractivity contribution in [3.63, 3.8) is 0 Å². The number of carbonyl (C=O) groups excluding carboxylic acids is 1. The molecule has 1 aliphatic heterocycles. The van der Waals surface area contributed by atoms with Gasteiger partial charge in [0.2, 0.25) is 0 Å². The van der Waals surface area contributed by atoms with E-state index in [0.29, 0.717) is 17.4 Å². The van der Waals surface area contributed by atoms with Crippen LogP contribution in [0.2, 0.25) is 0 Å². The van der Waals surface area contributed by atoms with Gasteiger partial charge in [0, 0.05) is 37.9 Å². The molecule has 0 amide bonds. The summed E-state index contributed by atoms with van der Waals surface area (Å²) in [5, 5.41) is 0. The Morgan fingerprint density at radius 2 is 1.74 bits per heavy atom. The summed E-state index contributed by atoms with van der Waals surface area (Å²) in [5.41, 5.74) is 6.32. The minimum Gasteiger partial charge on any atom is -0.460 e. The topological polar surface area (TPSA) is 58.8 Å². The molecule has 1 aromatic rings. The van der Waals surface area contributed by atoms with Gasteiger partial charge in [-0.05, 0) is 64.7 Å². The van der Waals surface area contributed by atoms with E-state index in [2.05, 4.69) is 9.80 Å². The van der Waals surface area contributed by atoms with Crippen LogP contribution < -0.4 is 10.6 Å². The van der Waals surface area contributed by atoms with Crippen molar-refractivity contribution in [1.29, 1.82) is 0 Å². The Morgan fingerprint density at radius 3 is 2.30 bits per heavy atom. The molecule has 150 valence electrons. The summed E-state index contributed by atoms with van der Waals surface area (Å²) in [4.78, 5) is 16.9. The molecule has 3 rings (SSSR count). The Kier molecular flexibility index (Phi) is 5.94. The van der Waals surface area contributed by atoms with Gasteiger partial charge in [0.05, 0.1) is 11.6 Å². The van der Waals surface area contributed by atoms with Crippen LogP contribution in [-0.4, -0.2) is 48.7 Å². The molecule has 6 heteroatoms. The number of nitrogen functional groups attached to an aromatic ring is 1. The minimum absolute atomic E-state index is 0.0330. The fourth-order valence-electron chi connectivity index (χ4n) is 4.17. The molecule has 2 aliphatic rings. The Bertz CT molecular complexity index is 658. The zero-order chi connectivity index (χ0) is 19.6. The summed E-state index contributed by atoms with van der Waals surface area (Å²) >= 11 is 0. The summed E-state index contributed by atoms with van der Waals surface area (Å²) in [5.74, 6) is -0.267. The molecule has 2 fully saturated rings. The van der Waals surface area contributed by atoms with Gasteiger partial charge >= 0.3 is 5.97 Å². The van der Waals surface area contributed by atoms with Crippen molar-refractivity contribution in [1.82, 2.24) is 4.90 Å². The molecule has 0 unspecified atom stereocenters. The van der Waals surface area contributed by atoms with Crippen LogP contribution >= 0.6 is 0 Å². The molecule has 0 radical (unpaired) electrons. The smallest absolute Gasteiger partial charge is 0.309 e. The molecule has 27 heavy (non-hydrogen) atoms. The van der Waals surface area contributed by atoms with Gasteiger partial charge in [-0.1, -0.05) is 0 Å². The molecule has 0 aromatic heterocycles. The number of rotatable bonds is 3. The first-order valence-electron chi connectivity index (χ1n) is 10.00. The Labute approximate surface area is 161 Å². The molecule has 1 aliphatic carbocycles. The standard InChI is InChI=1S/C21H32FN3O2/c1-21(2,3)27-20(26)15-4-7-17(8-5-15)24-10-12-25(13-11-24)19-9-6-16(23)14-18(19)22/h6,9,14-15,17H,4-5,7-8,10-13,23H2,1-3H3. The third-order valence-electron chi connectivity index (χ3n) is 5.58. The number of hydrogen-bond donors (Lipinski definition) is 1. The first-order chi connectivity index (χ1) is 12.7. The molecule has 0 bridgehead atoms. The van der Waals surface area contributed by atoms with Crippen molar-refractivity contribution in [3.8, 4) is 0 Å². The lowest BCUT2D eigenvalue weighted by Gasteiger charge is -2.42. The number of esters is 1. The average Bonchev–Trinajstić information content (AvgIpc) is 2.61. The maximum absolute atomic E-state index is 14.1. The molecule has 1 saturated carbocycles. The van der Waals surface area contributed by atoms with E-state index in [9.17, 15) is 9.18 Å². The predicted octanol–water partition coefficient (Wildman–Crippen LogP) is 3.43. The first kappa shape index (κ1) is 19.9. The van der Waals surface area contributed by atoms with E-state index < -0.39 is 5.60 Å². The van der Waals surface area contributed by atoms with E-state index in [0.717, 1.165) is 51.9 Å². The number of nitrogens with zero attached hydrogens (tertiary/aromatic N) is 2. The fraction of sp³-hybridized carbons (Fsp3) is 0.667. The number of anilines is 2. The van der Waals surface area contributed by atoms with E-state index >= 15 is 0 Å². The van der Waals surface area contributed by atoms with Crippen LogP contribution in [0.25, 0.3) is 0 Å². The molecule has 1 saturated heterocycles. The maximum atomic E-state index is 14.1. The fourth-order valence-corrected chi connectivity index (χ4v) is 4.17. The maximum Gasteiger partial charge on any atom is 0.309 e. The lowest BCUT2D eigenvalue weighted by atomic mass is 9.85. The van der Waals surface area contributed by atoms with Crippen molar-refractivity contribution in [3.05, 3.63) is 24.0 Å². The summed E-state index contributed by atoms with van der Waals surface area (Å²) in [6, 6.07) is 5.43. The molecule has 0 spiro atoms. The van der Waals surface area contributed by atoms with E-state index in [1.165, 1.54) is 6.07 Å². The SMILES string of the molecule is CC(C)(C)OC(=O)C1CCC(N2CCN(c3ccc(N)cc3F)CC2)CC1. The second-order valence-electron chi connectivity index (χ2n) is 8.77. The van der Waals surface area contributed by atoms with Crippen molar-refractivity contribution in [2.75, 3.05) is 36.8 Å². The number of benzene rings is 1. The molecular weight excluding hydrogens is 345 g/mol. The highest BCUT2D eigenvalue weighted by Gasteiger charge is 2.33.